The molecule has 1 aromatic carbocycles. The number of ether oxygens (including phenoxy) is 2. The number of imidazole rings is 1. The second kappa shape index (κ2) is 11.6. The van der Waals surface area contributed by atoms with E-state index < -0.39 is 0 Å². The Balaban J connectivity index is 0.00000312. The first-order valence-electron chi connectivity index (χ1n) is 7.95. The molecule has 0 aliphatic heterocycles. The molecule has 2 N–H and O–H groups in total. The third-order valence-corrected chi connectivity index (χ3v) is 3.47. The molecule has 2 rings (SSSR count). The van der Waals surface area contributed by atoms with Crippen LogP contribution in [-0.4, -0.2) is 42.8 Å². The molecule has 0 aliphatic carbocycles. The molecule has 0 spiro atoms. The van der Waals surface area contributed by atoms with Gasteiger partial charge in [-0.25, -0.2) is 9.98 Å². The molecule has 0 saturated heterocycles. The maximum Gasteiger partial charge on any atom is 0.191 e. The van der Waals surface area contributed by atoms with Gasteiger partial charge in [-0.05, 0) is 19.1 Å². The van der Waals surface area contributed by atoms with E-state index in [1.165, 1.54) is 0 Å². The van der Waals surface area contributed by atoms with E-state index >= 15 is 0 Å². The highest BCUT2D eigenvalue weighted by molar-refractivity contribution is 14.0. The zero-order valence-electron chi connectivity index (χ0n) is 14.9. The van der Waals surface area contributed by atoms with Crippen molar-refractivity contribution in [2.24, 2.45) is 4.99 Å². The maximum atomic E-state index is 5.41. The molecule has 0 amide bonds. The number of hydrogen-bond acceptors (Lipinski definition) is 4. The van der Waals surface area contributed by atoms with E-state index in [0.717, 1.165) is 42.7 Å². The van der Waals surface area contributed by atoms with Crippen molar-refractivity contribution in [1.29, 1.82) is 0 Å². The highest BCUT2D eigenvalue weighted by atomic mass is 127. The molecule has 0 saturated carbocycles. The maximum absolute atomic E-state index is 5.41. The highest BCUT2D eigenvalue weighted by Gasteiger charge is 2.05. The van der Waals surface area contributed by atoms with Crippen LogP contribution in [0.5, 0.6) is 11.5 Å². The first-order valence-corrected chi connectivity index (χ1v) is 7.95. The van der Waals surface area contributed by atoms with Crippen LogP contribution in [0, 0.1) is 0 Å². The molecule has 0 fully saturated rings. The van der Waals surface area contributed by atoms with E-state index in [2.05, 4.69) is 20.6 Å². The predicted molar refractivity (Wildman–Crippen MR) is 110 cm³/mol. The number of aromatic nitrogens is 2. The van der Waals surface area contributed by atoms with Gasteiger partial charge >= 0.3 is 0 Å². The van der Waals surface area contributed by atoms with Crippen molar-refractivity contribution in [3.8, 4) is 11.5 Å². The third kappa shape index (κ3) is 6.81. The van der Waals surface area contributed by atoms with Crippen LogP contribution in [0.15, 0.2) is 41.9 Å². The second-order valence-corrected chi connectivity index (χ2v) is 5.10. The predicted octanol–water partition coefficient (Wildman–Crippen LogP) is 2.27. The Morgan fingerprint density at radius 2 is 2.08 bits per heavy atom. The fraction of sp³-hybridized carbons (Fsp3) is 0.412. The number of nitrogens with zero attached hydrogens (tertiary/aromatic N) is 3. The molecule has 0 unspecified atom stereocenters. The van der Waals surface area contributed by atoms with Gasteiger partial charge in [0.25, 0.3) is 0 Å². The molecule has 0 aliphatic rings. The fourth-order valence-corrected chi connectivity index (χ4v) is 2.21. The van der Waals surface area contributed by atoms with Crippen LogP contribution in [-0.2, 0) is 13.1 Å². The number of aliphatic imine (C=N–C) groups is 1. The Labute approximate surface area is 165 Å². The third-order valence-electron chi connectivity index (χ3n) is 3.47. The zero-order chi connectivity index (χ0) is 17.2. The van der Waals surface area contributed by atoms with E-state index in [1.54, 1.807) is 26.7 Å². The quantitative estimate of drug-likeness (QED) is 0.360. The standard InChI is InChI=1S/C17H25N5O2.HI/c1-4-19-17(20-8-10-22-9-7-18-13-22)21-12-14-5-6-15(23-2)11-16(14)24-3;/h5-7,9,11,13H,4,8,10,12H2,1-3H3,(H2,19,20,21);1H. The molecule has 0 bridgehead atoms. The van der Waals surface area contributed by atoms with Gasteiger partial charge in [0.05, 0.1) is 27.1 Å². The summed E-state index contributed by atoms with van der Waals surface area (Å²) in [5.74, 6) is 2.31. The molecule has 1 heterocycles. The van der Waals surface area contributed by atoms with Crippen LogP contribution in [0.2, 0.25) is 0 Å². The summed E-state index contributed by atoms with van der Waals surface area (Å²) in [6.45, 7) is 4.96. The van der Waals surface area contributed by atoms with Crippen LogP contribution in [0.4, 0.5) is 0 Å². The average molecular weight is 459 g/mol. The van der Waals surface area contributed by atoms with Crippen LogP contribution in [0.25, 0.3) is 0 Å². The van der Waals surface area contributed by atoms with Crippen LogP contribution >= 0.6 is 24.0 Å². The van der Waals surface area contributed by atoms with E-state index in [0.29, 0.717) is 6.54 Å². The van der Waals surface area contributed by atoms with Crippen LogP contribution in [0.1, 0.15) is 12.5 Å². The van der Waals surface area contributed by atoms with E-state index in [9.17, 15) is 0 Å². The Bertz CT molecular complexity index is 646. The summed E-state index contributed by atoms with van der Waals surface area (Å²) in [7, 11) is 3.29. The van der Waals surface area contributed by atoms with Gasteiger partial charge in [0, 0.05) is 43.7 Å². The molecular weight excluding hydrogens is 433 g/mol. The Morgan fingerprint density at radius 1 is 1.24 bits per heavy atom. The molecule has 1 aromatic heterocycles. The summed E-state index contributed by atoms with van der Waals surface area (Å²) in [5.41, 5.74) is 1.00. The summed E-state index contributed by atoms with van der Waals surface area (Å²) >= 11 is 0. The minimum absolute atomic E-state index is 0. The van der Waals surface area contributed by atoms with Gasteiger partial charge in [0.1, 0.15) is 11.5 Å². The van der Waals surface area contributed by atoms with E-state index in [1.807, 2.05) is 35.9 Å². The minimum Gasteiger partial charge on any atom is -0.497 e. The zero-order valence-corrected chi connectivity index (χ0v) is 17.2. The number of methoxy groups -OCH3 is 2. The molecule has 7 nitrogen and oxygen atoms in total. The van der Waals surface area contributed by atoms with Crippen molar-refractivity contribution >= 4 is 29.9 Å². The molecule has 138 valence electrons. The van der Waals surface area contributed by atoms with Crippen molar-refractivity contribution < 1.29 is 9.47 Å². The Morgan fingerprint density at radius 3 is 2.72 bits per heavy atom. The molecule has 25 heavy (non-hydrogen) atoms. The fourth-order valence-electron chi connectivity index (χ4n) is 2.21. The van der Waals surface area contributed by atoms with Gasteiger partial charge in [-0.15, -0.1) is 24.0 Å². The second-order valence-electron chi connectivity index (χ2n) is 5.10. The normalized spacial score (nSPS) is 10.8. The Hall–Kier alpha value is -1.97. The highest BCUT2D eigenvalue weighted by Crippen LogP contribution is 2.25. The molecule has 2 aromatic rings. The summed E-state index contributed by atoms with van der Waals surface area (Å²) in [6.07, 6.45) is 5.51. The summed E-state index contributed by atoms with van der Waals surface area (Å²) in [4.78, 5) is 8.65. The molecule has 8 heteroatoms. The van der Waals surface area contributed by atoms with Crippen molar-refractivity contribution in [2.75, 3.05) is 27.3 Å². The lowest BCUT2D eigenvalue weighted by atomic mass is 10.2. The number of benzene rings is 1. The first kappa shape index (κ1) is 21.1. The van der Waals surface area contributed by atoms with Crippen molar-refractivity contribution in [2.45, 2.75) is 20.0 Å². The Kier molecular flexibility index (Phi) is 9.75. The monoisotopic (exact) mass is 459 g/mol. The van der Waals surface area contributed by atoms with Gasteiger partial charge in [-0.1, -0.05) is 0 Å². The lowest BCUT2D eigenvalue weighted by Gasteiger charge is -2.13. The average Bonchev–Trinajstić information content (AvgIpc) is 3.13. The number of halogens is 1. The van der Waals surface area contributed by atoms with Gasteiger partial charge < -0.3 is 24.7 Å². The van der Waals surface area contributed by atoms with Crippen molar-refractivity contribution in [3.05, 3.63) is 42.5 Å². The lowest BCUT2D eigenvalue weighted by molar-refractivity contribution is 0.391. The van der Waals surface area contributed by atoms with Gasteiger partial charge in [-0.3, -0.25) is 0 Å². The number of nitrogens with one attached hydrogen (secondary N) is 2. The number of hydrogen-bond donors (Lipinski definition) is 2. The molecular formula is C17H26IN5O2. The number of rotatable bonds is 8. The van der Waals surface area contributed by atoms with Gasteiger partial charge in [-0.2, -0.15) is 0 Å². The van der Waals surface area contributed by atoms with Gasteiger partial charge in [0.2, 0.25) is 0 Å². The van der Waals surface area contributed by atoms with Crippen LogP contribution < -0.4 is 20.1 Å². The SMILES string of the molecule is CCNC(=NCc1ccc(OC)cc1OC)NCCn1ccnc1.I. The summed E-state index contributed by atoms with van der Waals surface area (Å²) in [5, 5.41) is 6.56. The lowest BCUT2D eigenvalue weighted by Crippen LogP contribution is -2.38. The smallest absolute Gasteiger partial charge is 0.191 e. The molecule has 0 radical (unpaired) electrons. The van der Waals surface area contributed by atoms with Crippen molar-refractivity contribution in [3.63, 3.8) is 0 Å². The van der Waals surface area contributed by atoms with Gasteiger partial charge in [0.15, 0.2) is 5.96 Å². The van der Waals surface area contributed by atoms with E-state index in [-0.39, 0.29) is 24.0 Å². The van der Waals surface area contributed by atoms with Crippen LogP contribution in [0.3, 0.4) is 0 Å². The molecule has 0 atom stereocenters. The van der Waals surface area contributed by atoms with Crippen molar-refractivity contribution in [1.82, 2.24) is 20.2 Å². The topological polar surface area (TPSA) is 72.7 Å². The minimum atomic E-state index is 0. The summed E-state index contributed by atoms with van der Waals surface area (Å²) < 4.78 is 12.6. The number of guanidine groups is 1. The largest absolute Gasteiger partial charge is 0.497 e. The van der Waals surface area contributed by atoms with E-state index in [4.69, 9.17) is 9.47 Å². The summed E-state index contributed by atoms with van der Waals surface area (Å²) in [6, 6.07) is 5.74. The first-order chi connectivity index (χ1) is 11.8.